The van der Waals surface area contributed by atoms with Crippen molar-refractivity contribution < 1.29 is 14.3 Å². The summed E-state index contributed by atoms with van der Waals surface area (Å²) in [5, 5.41) is 8.48. The second-order valence-electron chi connectivity index (χ2n) is 3.92. The molecule has 1 atom stereocenters. The van der Waals surface area contributed by atoms with Crippen LogP contribution in [0.4, 0.5) is 0 Å². The van der Waals surface area contributed by atoms with Crippen LogP contribution in [0, 0.1) is 11.3 Å². The first-order chi connectivity index (χ1) is 9.17. The largest absolute Gasteiger partial charge is 0.462 e. The zero-order valence-electron chi connectivity index (χ0n) is 11.1. The second-order valence-corrected chi connectivity index (χ2v) is 5.25. The molecular formula is C14H17NO3S. The topological polar surface area (TPSA) is 59.3 Å². The van der Waals surface area contributed by atoms with Crippen molar-refractivity contribution in [3.8, 4) is 6.07 Å². The van der Waals surface area contributed by atoms with E-state index in [1.54, 1.807) is 19.2 Å². The van der Waals surface area contributed by atoms with E-state index in [2.05, 4.69) is 6.07 Å². The molecule has 19 heavy (non-hydrogen) atoms. The highest BCUT2D eigenvalue weighted by Crippen LogP contribution is 2.19. The molecule has 0 bridgehead atoms. The maximum absolute atomic E-state index is 11.6. The van der Waals surface area contributed by atoms with Crippen LogP contribution >= 0.6 is 11.8 Å². The molecule has 0 saturated heterocycles. The molecule has 0 aliphatic carbocycles. The van der Waals surface area contributed by atoms with E-state index in [0.717, 1.165) is 5.56 Å². The number of nitriles is 1. The molecule has 0 N–H and O–H groups in total. The van der Waals surface area contributed by atoms with Gasteiger partial charge in [-0.3, -0.25) is 4.79 Å². The SMILES string of the molecule is COCCOC(=O)C(C)SCc1ccc(C#N)cc1. The Hall–Kier alpha value is -1.51. The maximum atomic E-state index is 11.6. The van der Waals surface area contributed by atoms with Gasteiger partial charge in [0.25, 0.3) is 0 Å². The molecular weight excluding hydrogens is 262 g/mol. The van der Waals surface area contributed by atoms with Gasteiger partial charge in [-0.05, 0) is 24.6 Å². The maximum Gasteiger partial charge on any atom is 0.318 e. The lowest BCUT2D eigenvalue weighted by Crippen LogP contribution is -2.19. The molecule has 1 aromatic carbocycles. The van der Waals surface area contributed by atoms with Crippen molar-refractivity contribution in [3.05, 3.63) is 35.4 Å². The van der Waals surface area contributed by atoms with Crippen molar-refractivity contribution in [2.75, 3.05) is 20.3 Å². The van der Waals surface area contributed by atoms with Crippen molar-refractivity contribution >= 4 is 17.7 Å². The number of methoxy groups -OCH3 is 1. The minimum absolute atomic E-state index is 0.215. The van der Waals surface area contributed by atoms with E-state index in [1.165, 1.54) is 11.8 Å². The highest BCUT2D eigenvalue weighted by atomic mass is 32.2. The van der Waals surface area contributed by atoms with Crippen LogP contribution in [-0.2, 0) is 20.0 Å². The molecule has 0 spiro atoms. The van der Waals surface area contributed by atoms with Gasteiger partial charge < -0.3 is 9.47 Å². The van der Waals surface area contributed by atoms with Gasteiger partial charge in [0.15, 0.2) is 0 Å². The molecule has 0 radical (unpaired) electrons. The number of esters is 1. The number of thioether (sulfide) groups is 1. The predicted molar refractivity (Wildman–Crippen MR) is 74.7 cm³/mol. The number of benzene rings is 1. The van der Waals surface area contributed by atoms with Crippen molar-refractivity contribution in [2.24, 2.45) is 0 Å². The summed E-state index contributed by atoms with van der Waals surface area (Å²) in [5.74, 6) is 0.488. The summed E-state index contributed by atoms with van der Waals surface area (Å²) in [5.41, 5.74) is 1.72. The fourth-order valence-corrected chi connectivity index (χ4v) is 2.15. The Morgan fingerprint density at radius 2 is 2.05 bits per heavy atom. The van der Waals surface area contributed by atoms with E-state index in [1.807, 2.05) is 19.1 Å². The first-order valence-electron chi connectivity index (χ1n) is 5.93. The molecule has 0 amide bonds. The standard InChI is InChI=1S/C14H17NO3S/c1-11(14(16)18-8-7-17-2)19-10-13-5-3-12(9-15)4-6-13/h3-6,11H,7-8,10H2,1-2H3. The Morgan fingerprint density at radius 1 is 1.37 bits per heavy atom. The second kappa shape index (κ2) is 8.57. The van der Waals surface area contributed by atoms with E-state index in [-0.39, 0.29) is 17.8 Å². The van der Waals surface area contributed by atoms with Gasteiger partial charge in [-0.25, -0.2) is 0 Å². The fraction of sp³-hybridized carbons (Fsp3) is 0.429. The first-order valence-corrected chi connectivity index (χ1v) is 6.98. The van der Waals surface area contributed by atoms with Gasteiger partial charge in [-0.1, -0.05) is 12.1 Å². The summed E-state index contributed by atoms with van der Waals surface area (Å²) in [7, 11) is 1.57. The Bertz CT molecular complexity index is 439. The Balaban J connectivity index is 2.34. The molecule has 0 aliphatic heterocycles. The average molecular weight is 279 g/mol. The zero-order valence-corrected chi connectivity index (χ0v) is 11.9. The first kappa shape index (κ1) is 15.5. The van der Waals surface area contributed by atoms with E-state index in [4.69, 9.17) is 14.7 Å². The van der Waals surface area contributed by atoms with Gasteiger partial charge in [-0.2, -0.15) is 5.26 Å². The van der Waals surface area contributed by atoms with Crippen molar-refractivity contribution in [3.63, 3.8) is 0 Å². The number of ether oxygens (including phenoxy) is 2. The van der Waals surface area contributed by atoms with Crippen LogP contribution in [-0.4, -0.2) is 31.5 Å². The number of hydrogen-bond acceptors (Lipinski definition) is 5. The number of hydrogen-bond donors (Lipinski definition) is 0. The van der Waals surface area contributed by atoms with Crippen molar-refractivity contribution in [1.29, 1.82) is 5.26 Å². The smallest absolute Gasteiger partial charge is 0.318 e. The number of carbonyl (C=O) groups excluding carboxylic acids is 1. The molecule has 4 nitrogen and oxygen atoms in total. The quantitative estimate of drug-likeness (QED) is 0.566. The third-order valence-corrected chi connectivity index (χ3v) is 3.64. The highest BCUT2D eigenvalue weighted by molar-refractivity contribution is 7.99. The summed E-state index contributed by atoms with van der Waals surface area (Å²) in [6.45, 7) is 2.53. The minimum atomic E-state index is -0.226. The van der Waals surface area contributed by atoms with Gasteiger partial charge >= 0.3 is 5.97 Å². The molecule has 0 aromatic heterocycles. The normalized spacial score (nSPS) is 11.6. The third-order valence-electron chi connectivity index (χ3n) is 2.45. The van der Waals surface area contributed by atoms with E-state index < -0.39 is 0 Å². The molecule has 0 fully saturated rings. The van der Waals surface area contributed by atoms with Crippen LogP contribution in [0.3, 0.4) is 0 Å². The molecule has 1 rings (SSSR count). The van der Waals surface area contributed by atoms with Crippen LogP contribution in [0.5, 0.6) is 0 Å². The summed E-state index contributed by atoms with van der Waals surface area (Å²) >= 11 is 1.51. The van der Waals surface area contributed by atoms with Gasteiger partial charge in [0, 0.05) is 12.9 Å². The van der Waals surface area contributed by atoms with E-state index >= 15 is 0 Å². The Labute approximate surface area is 117 Å². The molecule has 0 saturated carbocycles. The lowest BCUT2D eigenvalue weighted by atomic mass is 10.2. The number of rotatable bonds is 7. The molecule has 0 heterocycles. The molecule has 1 aromatic rings. The summed E-state index contributed by atoms with van der Waals surface area (Å²) in [4.78, 5) is 11.6. The van der Waals surface area contributed by atoms with Crippen molar-refractivity contribution in [1.82, 2.24) is 0 Å². The molecule has 0 aliphatic rings. The van der Waals surface area contributed by atoms with Gasteiger partial charge in [-0.15, -0.1) is 11.8 Å². The number of carbonyl (C=O) groups is 1. The van der Waals surface area contributed by atoms with Crippen LogP contribution in [0.15, 0.2) is 24.3 Å². The van der Waals surface area contributed by atoms with Gasteiger partial charge in [0.1, 0.15) is 6.61 Å². The summed E-state index contributed by atoms with van der Waals surface area (Å²) < 4.78 is 9.85. The molecule has 102 valence electrons. The zero-order chi connectivity index (χ0) is 14.1. The lowest BCUT2D eigenvalue weighted by molar-refractivity contribution is -0.143. The summed E-state index contributed by atoms with van der Waals surface area (Å²) in [6.07, 6.45) is 0. The van der Waals surface area contributed by atoms with E-state index in [9.17, 15) is 4.79 Å². The molecule has 1 unspecified atom stereocenters. The average Bonchev–Trinajstić information content (AvgIpc) is 2.45. The van der Waals surface area contributed by atoms with Gasteiger partial charge in [0.05, 0.1) is 23.5 Å². The Morgan fingerprint density at radius 3 is 2.63 bits per heavy atom. The third kappa shape index (κ3) is 5.77. The number of nitrogens with zero attached hydrogens (tertiary/aromatic N) is 1. The van der Waals surface area contributed by atoms with Crippen LogP contribution in [0.1, 0.15) is 18.1 Å². The highest BCUT2D eigenvalue weighted by Gasteiger charge is 2.14. The van der Waals surface area contributed by atoms with Crippen LogP contribution in [0.25, 0.3) is 0 Å². The summed E-state index contributed by atoms with van der Waals surface area (Å²) in [6, 6.07) is 9.42. The minimum Gasteiger partial charge on any atom is -0.462 e. The fourth-order valence-electron chi connectivity index (χ4n) is 1.31. The lowest BCUT2D eigenvalue weighted by Gasteiger charge is -2.11. The van der Waals surface area contributed by atoms with Crippen LogP contribution in [0.2, 0.25) is 0 Å². The Kier molecular flexibility index (Phi) is 7.01. The molecule has 5 heteroatoms. The monoisotopic (exact) mass is 279 g/mol. The van der Waals surface area contributed by atoms with Gasteiger partial charge in [0.2, 0.25) is 0 Å². The van der Waals surface area contributed by atoms with E-state index in [0.29, 0.717) is 17.9 Å². The van der Waals surface area contributed by atoms with Crippen LogP contribution < -0.4 is 0 Å². The van der Waals surface area contributed by atoms with Crippen molar-refractivity contribution in [2.45, 2.75) is 17.9 Å². The predicted octanol–water partition coefficient (Wildman–Crippen LogP) is 2.37.